The Balaban J connectivity index is 1.95. The second kappa shape index (κ2) is 3.75. The van der Waals surface area contributed by atoms with Gasteiger partial charge in [-0.25, -0.2) is 0 Å². The van der Waals surface area contributed by atoms with Gasteiger partial charge in [-0.3, -0.25) is 5.10 Å². The Labute approximate surface area is 86.6 Å². The minimum Gasteiger partial charge on any atom is -0.357 e. The average molecular weight is 215 g/mol. The number of hydrogen-bond donors (Lipinski definition) is 2. The van der Waals surface area contributed by atoms with E-state index in [0.29, 0.717) is 6.04 Å². The van der Waals surface area contributed by atoms with E-state index in [1.807, 2.05) is 0 Å². The summed E-state index contributed by atoms with van der Waals surface area (Å²) >= 11 is 6.47. The van der Waals surface area contributed by atoms with Gasteiger partial charge >= 0.3 is 0 Å². The molecule has 1 saturated carbocycles. The third kappa shape index (κ3) is 2.28. The Morgan fingerprint density at radius 1 is 1.62 bits per heavy atom. The highest BCUT2D eigenvalue weighted by molar-refractivity contribution is 7.73. The molecule has 2 unspecified atom stereocenters. The maximum absolute atomic E-state index is 4.96. The normalized spacial score (nSPS) is 27.8. The van der Waals surface area contributed by atoms with Crippen molar-refractivity contribution in [2.24, 2.45) is 5.92 Å². The summed E-state index contributed by atoms with van der Waals surface area (Å²) in [5, 5.41) is 11.2. The minimum absolute atomic E-state index is 0.601. The van der Waals surface area contributed by atoms with Crippen LogP contribution >= 0.6 is 23.6 Å². The van der Waals surface area contributed by atoms with Crippen LogP contribution in [0.15, 0.2) is 0 Å². The van der Waals surface area contributed by atoms with Crippen LogP contribution in [0.4, 0.5) is 5.13 Å². The van der Waals surface area contributed by atoms with Gasteiger partial charge in [0.05, 0.1) is 0 Å². The van der Waals surface area contributed by atoms with Crippen molar-refractivity contribution in [1.82, 2.24) is 10.2 Å². The van der Waals surface area contributed by atoms with Crippen molar-refractivity contribution in [3.63, 3.8) is 0 Å². The van der Waals surface area contributed by atoms with E-state index in [1.54, 1.807) is 0 Å². The standard InChI is InChI=1S/C8H13N3S2/c1-5-2-3-6(4-5)9-7-10-11-8(12)13-7/h5-6H,2-4H2,1H3,(H,9,10)(H,11,12). The molecule has 0 saturated heterocycles. The Morgan fingerprint density at radius 2 is 2.46 bits per heavy atom. The molecule has 1 aliphatic carbocycles. The van der Waals surface area contributed by atoms with Crippen LogP contribution < -0.4 is 5.32 Å². The lowest BCUT2D eigenvalue weighted by molar-refractivity contribution is 0.602. The molecule has 1 heterocycles. The number of hydrogen-bond acceptors (Lipinski definition) is 4. The first-order chi connectivity index (χ1) is 6.24. The van der Waals surface area contributed by atoms with E-state index in [1.165, 1.54) is 30.6 Å². The second-order valence-corrected chi connectivity index (χ2v) is 5.34. The molecule has 0 aromatic carbocycles. The van der Waals surface area contributed by atoms with Gasteiger partial charge in [-0.2, -0.15) is 0 Å². The highest BCUT2D eigenvalue weighted by Gasteiger charge is 2.21. The maximum atomic E-state index is 4.96. The van der Waals surface area contributed by atoms with Crippen molar-refractivity contribution in [2.45, 2.75) is 32.2 Å². The summed E-state index contributed by atoms with van der Waals surface area (Å²) in [6, 6.07) is 0.601. The lowest BCUT2D eigenvalue weighted by atomic mass is 10.1. The van der Waals surface area contributed by atoms with Crippen LogP contribution in [0.2, 0.25) is 0 Å². The summed E-state index contributed by atoms with van der Waals surface area (Å²) in [5.74, 6) is 0.851. The van der Waals surface area contributed by atoms with Crippen LogP contribution in [-0.4, -0.2) is 16.2 Å². The molecule has 0 radical (unpaired) electrons. The predicted molar refractivity (Wildman–Crippen MR) is 57.7 cm³/mol. The lowest BCUT2D eigenvalue weighted by Crippen LogP contribution is -2.14. The van der Waals surface area contributed by atoms with Gasteiger partial charge < -0.3 is 5.32 Å². The second-order valence-electron chi connectivity index (χ2n) is 3.68. The van der Waals surface area contributed by atoms with Crippen molar-refractivity contribution in [3.8, 4) is 0 Å². The van der Waals surface area contributed by atoms with Gasteiger partial charge in [-0.15, -0.1) is 5.10 Å². The van der Waals surface area contributed by atoms with Crippen molar-refractivity contribution in [1.29, 1.82) is 0 Å². The van der Waals surface area contributed by atoms with Gasteiger partial charge in [0.1, 0.15) is 0 Å². The molecule has 2 N–H and O–H groups in total. The van der Waals surface area contributed by atoms with Gasteiger partial charge in [-0.1, -0.05) is 18.3 Å². The summed E-state index contributed by atoms with van der Waals surface area (Å²) in [5.41, 5.74) is 0. The third-order valence-electron chi connectivity index (χ3n) is 2.46. The van der Waals surface area contributed by atoms with E-state index < -0.39 is 0 Å². The first kappa shape index (κ1) is 9.15. The van der Waals surface area contributed by atoms with E-state index in [-0.39, 0.29) is 0 Å². The predicted octanol–water partition coefficient (Wildman–Crippen LogP) is 2.80. The third-order valence-corrected chi connectivity index (χ3v) is 3.48. The lowest BCUT2D eigenvalue weighted by Gasteiger charge is -2.09. The van der Waals surface area contributed by atoms with Crippen molar-refractivity contribution < 1.29 is 0 Å². The van der Waals surface area contributed by atoms with Crippen LogP contribution in [0.3, 0.4) is 0 Å². The molecular formula is C8H13N3S2. The first-order valence-electron chi connectivity index (χ1n) is 4.56. The molecule has 0 amide bonds. The van der Waals surface area contributed by atoms with Crippen LogP contribution in [0.1, 0.15) is 26.2 Å². The number of aromatic amines is 1. The number of H-pyrrole nitrogens is 1. The Kier molecular flexibility index (Phi) is 2.64. The molecule has 2 rings (SSSR count). The van der Waals surface area contributed by atoms with Crippen LogP contribution in [0.25, 0.3) is 0 Å². The van der Waals surface area contributed by atoms with Gasteiger partial charge in [-0.05, 0) is 37.4 Å². The Bertz CT molecular complexity index is 330. The zero-order chi connectivity index (χ0) is 9.26. The molecule has 13 heavy (non-hydrogen) atoms. The van der Waals surface area contributed by atoms with Gasteiger partial charge in [0.15, 0.2) is 3.95 Å². The monoisotopic (exact) mass is 215 g/mol. The molecule has 0 spiro atoms. The van der Waals surface area contributed by atoms with E-state index >= 15 is 0 Å². The van der Waals surface area contributed by atoms with Gasteiger partial charge in [0.2, 0.25) is 5.13 Å². The number of aromatic nitrogens is 2. The number of nitrogens with zero attached hydrogens (tertiary/aromatic N) is 1. The van der Waals surface area contributed by atoms with Crippen LogP contribution in [0, 0.1) is 9.87 Å². The molecule has 3 nitrogen and oxygen atoms in total. The summed E-state index contributed by atoms with van der Waals surface area (Å²) in [4.78, 5) is 0. The molecular weight excluding hydrogens is 202 g/mol. The largest absolute Gasteiger partial charge is 0.357 e. The maximum Gasteiger partial charge on any atom is 0.204 e. The van der Waals surface area contributed by atoms with Crippen LogP contribution in [0.5, 0.6) is 0 Å². The first-order valence-corrected chi connectivity index (χ1v) is 5.78. The molecule has 1 fully saturated rings. The SMILES string of the molecule is CC1CCC(Nc2n[nH]c(=S)s2)C1. The van der Waals surface area contributed by atoms with Gasteiger partial charge in [0.25, 0.3) is 0 Å². The van der Waals surface area contributed by atoms with Crippen LogP contribution in [-0.2, 0) is 0 Å². The van der Waals surface area contributed by atoms with E-state index in [2.05, 4.69) is 22.4 Å². The summed E-state index contributed by atoms with van der Waals surface area (Å²) in [6.45, 7) is 2.30. The highest BCUT2D eigenvalue weighted by Crippen LogP contribution is 2.27. The topological polar surface area (TPSA) is 40.7 Å². The minimum atomic E-state index is 0.601. The molecule has 0 aliphatic heterocycles. The fraction of sp³-hybridized carbons (Fsp3) is 0.750. The van der Waals surface area contributed by atoms with E-state index in [0.717, 1.165) is 15.0 Å². The molecule has 1 aromatic rings. The molecule has 5 heteroatoms. The highest BCUT2D eigenvalue weighted by atomic mass is 32.1. The fourth-order valence-electron chi connectivity index (χ4n) is 1.80. The summed E-state index contributed by atoms with van der Waals surface area (Å²) in [6.07, 6.45) is 3.84. The number of anilines is 1. The van der Waals surface area contributed by atoms with E-state index in [9.17, 15) is 0 Å². The molecule has 72 valence electrons. The number of rotatable bonds is 2. The Morgan fingerprint density at radius 3 is 3.00 bits per heavy atom. The van der Waals surface area contributed by atoms with Crippen molar-refractivity contribution in [3.05, 3.63) is 3.95 Å². The summed E-state index contributed by atoms with van der Waals surface area (Å²) < 4.78 is 0.744. The Hall–Kier alpha value is -0.420. The summed E-state index contributed by atoms with van der Waals surface area (Å²) in [7, 11) is 0. The molecule has 0 bridgehead atoms. The average Bonchev–Trinajstić information content (AvgIpc) is 2.62. The zero-order valence-corrected chi connectivity index (χ0v) is 9.17. The zero-order valence-electron chi connectivity index (χ0n) is 7.54. The smallest absolute Gasteiger partial charge is 0.204 e. The van der Waals surface area contributed by atoms with Gasteiger partial charge in [0, 0.05) is 6.04 Å². The van der Waals surface area contributed by atoms with E-state index in [4.69, 9.17) is 12.2 Å². The molecule has 1 aliphatic rings. The quantitative estimate of drug-likeness (QED) is 0.745. The number of nitrogens with one attached hydrogen (secondary N) is 2. The molecule has 1 aromatic heterocycles. The fourth-order valence-corrected chi connectivity index (χ4v) is 2.67. The van der Waals surface area contributed by atoms with Crippen molar-refractivity contribution >= 4 is 28.7 Å². The van der Waals surface area contributed by atoms with Crippen molar-refractivity contribution in [2.75, 3.05) is 5.32 Å². The molecule has 2 atom stereocenters.